The highest BCUT2D eigenvalue weighted by Crippen LogP contribution is 2.36. The lowest BCUT2D eigenvalue weighted by Crippen LogP contribution is -2.25. The summed E-state index contributed by atoms with van der Waals surface area (Å²) in [7, 11) is 1.66. The van der Waals surface area contributed by atoms with Crippen LogP contribution < -0.4 is 9.64 Å². The monoisotopic (exact) mass is 365 g/mol. The van der Waals surface area contributed by atoms with Gasteiger partial charge in [-0.25, -0.2) is 0 Å². The van der Waals surface area contributed by atoms with Crippen LogP contribution in [0.2, 0.25) is 0 Å². The van der Waals surface area contributed by atoms with E-state index in [-0.39, 0.29) is 11.2 Å². The maximum absolute atomic E-state index is 12.8. The zero-order valence-corrected chi connectivity index (χ0v) is 15.4. The molecular weight excluding hydrogens is 346 g/mol. The van der Waals surface area contributed by atoms with E-state index in [0.29, 0.717) is 19.4 Å². The van der Waals surface area contributed by atoms with E-state index >= 15 is 0 Å². The molecule has 2 aromatic carbocycles. The number of anilines is 1. The third kappa shape index (κ3) is 3.15. The molecule has 1 atom stereocenters. The van der Waals surface area contributed by atoms with E-state index in [1.165, 1.54) is 0 Å². The van der Waals surface area contributed by atoms with Crippen molar-refractivity contribution in [3.05, 3.63) is 83.1 Å². The number of hydrogen-bond acceptors (Lipinski definition) is 3. The Kier molecular flexibility index (Phi) is 4.56. The van der Waals surface area contributed by atoms with Gasteiger partial charge in [0.1, 0.15) is 5.75 Å². The number of hydrogen-bond donors (Lipinski definition) is 0. The second kappa shape index (κ2) is 7.00. The third-order valence-corrected chi connectivity index (χ3v) is 5.23. The molecule has 3 nitrogen and oxygen atoms in total. The molecule has 0 saturated carbocycles. The Morgan fingerprint density at radius 1 is 1.15 bits per heavy atom. The number of ketones is 1. The average Bonchev–Trinajstić information content (AvgIpc) is 2.77. The summed E-state index contributed by atoms with van der Waals surface area (Å²) >= 11 is 6.30. The van der Waals surface area contributed by atoms with Gasteiger partial charge in [0, 0.05) is 29.9 Å². The summed E-state index contributed by atoms with van der Waals surface area (Å²) in [6.45, 7) is 0.685. The lowest BCUT2D eigenvalue weighted by atomic mass is 9.95. The maximum atomic E-state index is 12.8. The fourth-order valence-electron chi connectivity index (χ4n) is 3.59. The van der Waals surface area contributed by atoms with Crippen LogP contribution in [-0.4, -0.2) is 18.3 Å². The van der Waals surface area contributed by atoms with Gasteiger partial charge >= 0.3 is 0 Å². The van der Waals surface area contributed by atoms with Crippen molar-refractivity contribution in [2.75, 3.05) is 12.0 Å². The molecule has 4 rings (SSSR count). The Labute approximate surface area is 158 Å². The number of halogens is 1. The number of rotatable bonds is 3. The Morgan fingerprint density at radius 2 is 1.92 bits per heavy atom. The van der Waals surface area contributed by atoms with Gasteiger partial charge in [-0.05, 0) is 41.8 Å². The zero-order valence-electron chi connectivity index (χ0n) is 14.6. The lowest BCUT2D eigenvalue weighted by Gasteiger charge is -2.29. The molecule has 132 valence electrons. The lowest BCUT2D eigenvalue weighted by molar-refractivity contribution is -0.115. The molecule has 0 aromatic heterocycles. The van der Waals surface area contributed by atoms with Gasteiger partial charge < -0.3 is 9.64 Å². The number of carbonyl (C=O) groups is 1. The minimum absolute atomic E-state index is 0.123. The molecular formula is C22H20ClNO2. The normalized spacial score (nSPS) is 19.1. The number of allylic oxidation sites excluding steroid dienone is 3. The van der Waals surface area contributed by atoms with E-state index < -0.39 is 0 Å². The van der Waals surface area contributed by atoms with E-state index in [4.69, 9.17) is 16.3 Å². The number of Topliss-reactive ketones (excluding diaryl/α,β-unsaturated/α-hetero) is 1. The summed E-state index contributed by atoms with van der Waals surface area (Å²) < 4.78 is 5.25. The smallest absolute Gasteiger partial charge is 0.165 e. The largest absolute Gasteiger partial charge is 0.497 e. The van der Waals surface area contributed by atoms with Gasteiger partial charge in [0.25, 0.3) is 0 Å². The number of ether oxygens (including phenoxy) is 1. The van der Waals surface area contributed by atoms with Gasteiger partial charge in [0.05, 0.1) is 12.5 Å². The Hall–Kier alpha value is -2.52. The van der Waals surface area contributed by atoms with Crippen LogP contribution in [0.25, 0.3) is 0 Å². The molecule has 1 aliphatic carbocycles. The predicted molar refractivity (Wildman–Crippen MR) is 105 cm³/mol. The highest BCUT2D eigenvalue weighted by Gasteiger charge is 2.29. The third-order valence-electron chi connectivity index (χ3n) is 4.93. The van der Waals surface area contributed by atoms with Crippen molar-refractivity contribution in [1.82, 2.24) is 0 Å². The van der Waals surface area contributed by atoms with Crippen molar-refractivity contribution in [1.29, 1.82) is 0 Å². The zero-order chi connectivity index (χ0) is 18.1. The molecule has 0 spiro atoms. The Balaban J connectivity index is 1.79. The van der Waals surface area contributed by atoms with Crippen LogP contribution in [0.5, 0.6) is 5.75 Å². The van der Waals surface area contributed by atoms with Crippen LogP contribution in [0, 0.1) is 0 Å². The van der Waals surface area contributed by atoms with E-state index in [1.54, 1.807) is 7.11 Å². The highest BCUT2D eigenvalue weighted by molar-refractivity contribution is 6.22. The number of nitrogens with zero attached hydrogens (tertiary/aromatic N) is 1. The number of methoxy groups -OCH3 is 1. The van der Waals surface area contributed by atoms with Crippen LogP contribution in [-0.2, 0) is 17.8 Å². The summed E-state index contributed by atoms with van der Waals surface area (Å²) in [6.07, 6.45) is 4.98. The van der Waals surface area contributed by atoms with Crippen LogP contribution in [0.1, 0.15) is 17.5 Å². The van der Waals surface area contributed by atoms with Crippen molar-refractivity contribution >= 4 is 23.1 Å². The van der Waals surface area contributed by atoms with Gasteiger partial charge in [0.2, 0.25) is 0 Å². The van der Waals surface area contributed by atoms with Gasteiger partial charge in [-0.15, -0.1) is 11.6 Å². The minimum atomic E-state index is -0.123. The van der Waals surface area contributed by atoms with Gasteiger partial charge in [-0.2, -0.15) is 0 Å². The molecule has 26 heavy (non-hydrogen) atoms. The molecule has 1 heterocycles. The van der Waals surface area contributed by atoms with Crippen molar-refractivity contribution in [2.24, 2.45) is 0 Å². The summed E-state index contributed by atoms with van der Waals surface area (Å²) in [5.41, 5.74) is 5.09. The molecule has 0 fully saturated rings. The van der Waals surface area contributed by atoms with Crippen LogP contribution >= 0.6 is 11.6 Å². The molecule has 1 aliphatic heterocycles. The maximum Gasteiger partial charge on any atom is 0.165 e. The first-order valence-corrected chi connectivity index (χ1v) is 9.16. The Bertz CT molecular complexity index is 899. The quantitative estimate of drug-likeness (QED) is 0.741. The molecule has 2 aromatic rings. The van der Waals surface area contributed by atoms with E-state index in [2.05, 4.69) is 23.1 Å². The summed E-state index contributed by atoms with van der Waals surface area (Å²) in [5.74, 6) is 1.00. The molecule has 1 unspecified atom stereocenters. The van der Waals surface area contributed by atoms with Gasteiger partial charge in [-0.3, -0.25) is 4.79 Å². The molecule has 0 radical (unpaired) electrons. The molecule has 2 aliphatic rings. The number of carbonyl (C=O) groups excluding carboxylic acids is 1. The highest BCUT2D eigenvalue weighted by atomic mass is 35.5. The first-order chi connectivity index (χ1) is 12.7. The number of para-hydroxylation sites is 1. The van der Waals surface area contributed by atoms with Crippen LogP contribution in [0.3, 0.4) is 0 Å². The average molecular weight is 366 g/mol. The molecule has 0 bridgehead atoms. The number of fused-ring (bicyclic) bond motifs is 1. The SMILES string of the molecule is COc1ccc(CN2C3=C(CC(Cl)C=C3)C(=O)Cc3ccccc32)cc1. The van der Waals surface area contributed by atoms with Crippen LogP contribution in [0.15, 0.2) is 72.0 Å². The van der Waals surface area contributed by atoms with Crippen molar-refractivity contribution in [3.63, 3.8) is 0 Å². The standard InChI is InChI=1S/C22H20ClNO2/c1-26-18-9-6-15(7-10-18)14-24-20-5-3-2-4-16(20)12-22(25)19-13-17(23)8-11-21(19)24/h2-11,17H,12-14H2,1H3. The number of benzene rings is 2. The number of alkyl halides is 1. The fourth-order valence-corrected chi connectivity index (χ4v) is 3.82. The topological polar surface area (TPSA) is 29.5 Å². The van der Waals surface area contributed by atoms with Gasteiger partial charge in [-0.1, -0.05) is 36.4 Å². The Morgan fingerprint density at radius 3 is 2.69 bits per heavy atom. The molecule has 0 amide bonds. The van der Waals surface area contributed by atoms with Gasteiger partial charge in [0.15, 0.2) is 5.78 Å². The summed E-state index contributed by atoms with van der Waals surface area (Å²) in [6, 6.07) is 16.2. The summed E-state index contributed by atoms with van der Waals surface area (Å²) in [5, 5.41) is -0.123. The molecule has 4 heteroatoms. The molecule has 0 N–H and O–H groups in total. The minimum Gasteiger partial charge on any atom is -0.497 e. The second-order valence-corrected chi connectivity index (χ2v) is 7.17. The molecule has 0 saturated heterocycles. The van der Waals surface area contributed by atoms with E-state index in [0.717, 1.165) is 33.8 Å². The van der Waals surface area contributed by atoms with Crippen molar-refractivity contribution in [3.8, 4) is 5.75 Å². The van der Waals surface area contributed by atoms with Crippen LogP contribution in [0.4, 0.5) is 5.69 Å². The van der Waals surface area contributed by atoms with Crippen molar-refractivity contribution < 1.29 is 9.53 Å². The van der Waals surface area contributed by atoms with E-state index in [9.17, 15) is 4.79 Å². The van der Waals surface area contributed by atoms with E-state index in [1.807, 2.05) is 42.5 Å². The predicted octanol–water partition coefficient (Wildman–Crippen LogP) is 4.65. The first-order valence-electron chi connectivity index (χ1n) is 8.72. The summed E-state index contributed by atoms with van der Waals surface area (Å²) in [4.78, 5) is 15.1. The first kappa shape index (κ1) is 16.9. The fraction of sp³-hybridized carbons (Fsp3) is 0.227. The second-order valence-electron chi connectivity index (χ2n) is 6.61. The van der Waals surface area contributed by atoms with Crippen molar-refractivity contribution in [2.45, 2.75) is 24.8 Å².